The molecule has 0 aliphatic rings. The third-order valence-corrected chi connectivity index (χ3v) is 3.37. The smallest absolute Gasteiger partial charge is 0.0951 e. The maximum Gasteiger partial charge on any atom is 0.0951 e. The van der Waals surface area contributed by atoms with E-state index in [1.807, 2.05) is 48.4 Å². The molecule has 0 aliphatic heterocycles. The van der Waals surface area contributed by atoms with Crippen LogP contribution in [-0.4, -0.2) is 21.8 Å². The van der Waals surface area contributed by atoms with Gasteiger partial charge >= 0.3 is 0 Å². The van der Waals surface area contributed by atoms with E-state index in [4.69, 9.17) is 5.73 Å². The molecule has 0 amide bonds. The Balaban J connectivity index is 1.99. The first-order valence-electron chi connectivity index (χ1n) is 6.47. The second kappa shape index (κ2) is 4.85. The zero-order chi connectivity index (χ0) is 14.1. The van der Waals surface area contributed by atoms with Gasteiger partial charge in [-0.1, -0.05) is 12.1 Å². The number of aryl methyl sites for hydroxylation is 1. The highest BCUT2D eigenvalue weighted by Crippen LogP contribution is 2.28. The summed E-state index contributed by atoms with van der Waals surface area (Å²) in [4.78, 5) is 6.55. The molecular formula is C15H17N5. The van der Waals surface area contributed by atoms with Crippen LogP contribution in [0.5, 0.6) is 0 Å². The average molecular weight is 267 g/mol. The van der Waals surface area contributed by atoms with Crippen molar-refractivity contribution in [1.29, 1.82) is 0 Å². The number of anilines is 2. The van der Waals surface area contributed by atoms with Crippen LogP contribution < -0.4 is 10.6 Å². The standard InChI is InChI=1S/C15H17N5/c1-19(9-11-8-18-20(2)10-11)14-6-7-17-15-12(14)4-3-5-13(15)16/h3-8,10H,9,16H2,1-2H3. The lowest BCUT2D eigenvalue weighted by molar-refractivity contribution is 0.766. The maximum absolute atomic E-state index is 5.99. The summed E-state index contributed by atoms with van der Waals surface area (Å²) in [6.45, 7) is 0.793. The normalized spacial score (nSPS) is 10.9. The van der Waals surface area contributed by atoms with Crippen LogP contribution in [0.2, 0.25) is 0 Å². The molecule has 0 atom stereocenters. The summed E-state index contributed by atoms with van der Waals surface area (Å²) in [5.41, 5.74) is 9.83. The van der Waals surface area contributed by atoms with Crippen molar-refractivity contribution in [3.8, 4) is 0 Å². The molecule has 2 aromatic heterocycles. The van der Waals surface area contributed by atoms with Crippen molar-refractivity contribution in [3.05, 3.63) is 48.4 Å². The van der Waals surface area contributed by atoms with Crippen LogP contribution in [0.25, 0.3) is 10.9 Å². The van der Waals surface area contributed by atoms with Gasteiger partial charge < -0.3 is 10.6 Å². The number of rotatable bonds is 3. The molecule has 0 spiro atoms. The zero-order valence-corrected chi connectivity index (χ0v) is 11.6. The molecule has 0 saturated carbocycles. The van der Waals surface area contributed by atoms with Crippen molar-refractivity contribution in [2.24, 2.45) is 7.05 Å². The predicted molar refractivity (Wildman–Crippen MR) is 81.5 cm³/mol. The van der Waals surface area contributed by atoms with Crippen molar-refractivity contribution >= 4 is 22.3 Å². The molecule has 3 rings (SSSR count). The molecule has 0 fully saturated rings. The summed E-state index contributed by atoms with van der Waals surface area (Å²) in [7, 11) is 3.98. The number of nitrogens with two attached hydrogens (primary N) is 1. The van der Waals surface area contributed by atoms with E-state index in [0.29, 0.717) is 5.69 Å². The zero-order valence-electron chi connectivity index (χ0n) is 11.6. The van der Waals surface area contributed by atoms with Crippen LogP contribution in [0.3, 0.4) is 0 Å². The summed E-state index contributed by atoms with van der Waals surface area (Å²) in [5.74, 6) is 0. The van der Waals surface area contributed by atoms with E-state index in [1.54, 1.807) is 6.20 Å². The molecule has 5 nitrogen and oxygen atoms in total. The van der Waals surface area contributed by atoms with E-state index in [2.05, 4.69) is 22.0 Å². The molecule has 102 valence electrons. The van der Waals surface area contributed by atoms with E-state index in [-0.39, 0.29) is 0 Å². The SMILES string of the molecule is CN(Cc1cnn(C)c1)c1ccnc2c(N)cccc12. The maximum atomic E-state index is 5.99. The lowest BCUT2D eigenvalue weighted by atomic mass is 10.1. The predicted octanol–water partition coefficient (Wildman–Crippen LogP) is 2.19. The van der Waals surface area contributed by atoms with Crippen LogP contribution >= 0.6 is 0 Å². The van der Waals surface area contributed by atoms with E-state index >= 15 is 0 Å². The second-order valence-corrected chi connectivity index (χ2v) is 4.95. The van der Waals surface area contributed by atoms with Crippen molar-refractivity contribution in [3.63, 3.8) is 0 Å². The number of aromatic nitrogens is 3. The fraction of sp³-hybridized carbons (Fsp3) is 0.200. The first kappa shape index (κ1) is 12.5. The summed E-state index contributed by atoms with van der Waals surface area (Å²) in [6, 6.07) is 7.90. The van der Waals surface area contributed by atoms with E-state index in [0.717, 1.165) is 23.1 Å². The molecule has 0 radical (unpaired) electrons. The third-order valence-electron chi connectivity index (χ3n) is 3.37. The molecule has 2 heterocycles. The Morgan fingerprint density at radius 2 is 2.15 bits per heavy atom. The highest BCUT2D eigenvalue weighted by molar-refractivity contribution is 5.97. The molecule has 0 bridgehead atoms. The molecule has 0 saturated heterocycles. The molecule has 20 heavy (non-hydrogen) atoms. The molecule has 5 heteroatoms. The van der Waals surface area contributed by atoms with Crippen LogP contribution in [0.1, 0.15) is 5.56 Å². The highest BCUT2D eigenvalue weighted by atomic mass is 15.2. The second-order valence-electron chi connectivity index (χ2n) is 4.95. The van der Waals surface area contributed by atoms with E-state index in [1.165, 1.54) is 5.56 Å². The van der Waals surface area contributed by atoms with Crippen molar-refractivity contribution in [2.75, 3.05) is 17.7 Å². The van der Waals surface area contributed by atoms with Gasteiger partial charge in [-0.15, -0.1) is 0 Å². The first-order chi connectivity index (χ1) is 9.65. The minimum absolute atomic E-state index is 0.708. The fourth-order valence-corrected chi connectivity index (χ4v) is 2.43. The Hall–Kier alpha value is -2.56. The Bertz CT molecular complexity index is 747. The Morgan fingerprint density at radius 3 is 2.90 bits per heavy atom. The lowest BCUT2D eigenvalue weighted by Crippen LogP contribution is -2.16. The van der Waals surface area contributed by atoms with E-state index < -0.39 is 0 Å². The quantitative estimate of drug-likeness (QED) is 0.739. The number of nitrogen functional groups attached to an aromatic ring is 1. The van der Waals surface area contributed by atoms with Gasteiger partial charge in [0.2, 0.25) is 0 Å². The Morgan fingerprint density at radius 1 is 1.30 bits per heavy atom. The Kier molecular flexibility index (Phi) is 3.02. The third kappa shape index (κ3) is 2.18. The largest absolute Gasteiger partial charge is 0.397 e. The van der Waals surface area contributed by atoms with Gasteiger partial charge in [-0.05, 0) is 12.1 Å². The van der Waals surface area contributed by atoms with Crippen LogP contribution in [0.4, 0.5) is 11.4 Å². The molecular weight excluding hydrogens is 250 g/mol. The van der Waals surface area contributed by atoms with Crippen molar-refractivity contribution in [1.82, 2.24) is 14.8 Å². The van der Waals surface area contributed by atoms with Gasteiger partial charge in [0.1, 0.15) is 0 Å². The van der Waals surface area contributed by atoms with Gasteiger partial charge in [-0.3, -0.25) is 9.67 Å². The Labute approximate surface area is 117 Å². The number of hydrogen-bond acceptors (Lipinski definition) is 4. The monoisotopic (exact) mass is 267 g/mol. The molecule has 3 aromatic rings. The minimum Gasteiger partial charge on any atom is -0.397 e. The van der Waals surface area contributed by atoms with Gasteiger partial charge in [0.15, 0.2) is 0 Å². The molecule has 2 N–H and O–H groups in total. The molecule has 0 aliphatic carbocycles. The van der Waals surface area contributed by atoms with Gasteiger partial charge in [0.05, 0.1) is 17.4 Å². The van der Waals surface area contributed by atoms with Gasteiger partial charge in [-0.2, -0.15) is 5.10 Å². The van der Waals surface area contributed by atoms with Gasteiger partial charge in [0, 0.05) is 49.7 Å². The summed E-state index contributed by atoms with van der Waals surface area (Å²) in [5, 5.41) is 5.27. The van der Waals surface area contributed by atoms with Crippen LogP contribution in [0, 0.1) is 0 Å². The molecule has 0 unspecified atom stereocenters. The summed E-state index contributed by atoms with van der Waals surface area (Å²) in [6.07, 6.45) is 5.70. The number of hydrogen-bond donors (Lipinski definition) is 1. The van der Waals surface area contributed by atoms with Gasteiger partial charge in [-0.25, -0.2) is 0 Å². The number of nitrogens with zero attached hydrogens (tertiary/aromatic N) is 4. The number of pyridine rings is 1. The van der Waals surface area contributed by atoms with Crippen LogP contribution in [0.15, 0.2) is 42.9 Å². The molecule has 1 aromatic carbocycles. The van der Waals surface area contributed by atoms with Crippen molar-refractivity contribution < 1.29 is 0 Å². The van der Waals surface area contributed by atoms with E-state index in [9.17, 15) is 0 Å². The van der Waals surface area contributed by atoms with Gasteiger partial charge in [0.25, 0.3) is 0 Å². The fourth-order valence-electron chi connectivity index (χ4n) is 2.43. The average Bonchev–Trinajstić information content (AvgIpc) is 2.84. The summed E-state index contributed by atoms with van der Waals surface area (Å²) >= 11 is 0. The minimum atomic E-state index is 0.708. The van der Waals surface area contributed by atoms with Crippen molar-refractivity contribution in [2.45, 2.75) is 6.54 Å². The first-order valence-corrected chi connectivity index (χ1v) is 6.47. The topological polar surface area (TPSA) is 60.0 Å². The number of benzene rings is 1. The number of fused-ring (bicyclic) bond motifs is 1. The summed E-state index contributed by atoms with van der Waals surface area (Å²) < 4.78 is 1.81. The van der Waals surface area contributed by atoms with Crippen LogP contribution in [-0.2, 0) is 13.6 Å². The number of para-hydroxylation sites is 1. The lowest BCUT2D eigenvalue weighted by Gasteiger charge is -2.20. The highest BCUT2D eigenvalue weighted by Gasteiger charge is 2.09.